The Bertz CT molecular complexity index is 438. The fourth-order valence-electron chi connectivity index (χ4n) is 5.63. The van der Waals surface area contributed by atoms with Gasteiger partial charge in [0.05, 0.1) is 27.2 Å². The molecule has 0 saturated carbocycles. The van der Waals surface area contributed by atoms with Gasteiger partial charge in [-0.25, -0.2) is 0 Å². The van der Waals surface area contributed by atoms with Crippen LogP contribution in [0.1, 0.15) is 194 Å². The average molecular weight is 521 g/mol. The number of quaternary nitrogens is 1. The Morgan fingerprint density at radius 3 is 0.865 bits per heavy atom. The molecule has 0 amide bonds. The first-order valence-electron chi connectivity index (χ1n) is 17.6. The summed E-state index contributed by atoms with van der Waals surface area (Å²) in [5, 5.41) is 0. The molecule has 1 nitrogen and oxygen atoms in total. The molecule has 0 bridgehead atoms. The lowest BCUT2D eigenvalue weighted by atomic mass is 10.0. The van der Waals surface area contributed by atoms with Crippen molar-refractivity contribution in [3.63, 3.8) is 0 Å². The lowest BCUT2D eigenvalue weighted by Gasteiger charge is -2.30. The van der Waals surface area contributed by atoms with E-state index in [4.69, 9.17) is 0 Å². The zero-order valence-corrected chi connectivity index (χ0v) is 26.8. The van der Waals surface area contributed by atoms with Crippen molar-refractivity contribution in [2.45, 2.75) is 194 Å². The molecule has 0 atom stereocenters. The summed E-state index contributed by atoms with van der Waals surface area (Å²) >= 11 is 0. The van der Waals surface area contributed by atoms with E-state index in [1.807, 2.05) is 0 Å². The highest BCUT2D eigenvalue weighted by molar-refractivity contribution is 4.81. The van der Waals surface area contributed by atoms with Crippen LogP contribution in [0.2, 0.25) is 0 Å². The van der Waals surface area contributed by atoms with Gasteiger partial charge in [0.1, 0.15) is 0 Å². The van der Waals surface area contributed by atoms with Crippen LogP contribution in [-0.4, -0.2) is 31.7 Å². The van der Waals surface area contributed by atoms with Crippen molar-refractivity contribution in [1.29, 1.82) is 0 Å². The van der Waals surface area contributed by atoms with Crippen LogP contribution in [0.5, 0.6) is 0 Å². The fraction of sp³-hybridized carbons (Fsp3) is 0.944. The van der Waals surface area contributed by atoms with Crippen LogP contribution in [0, 0.1) is 0 Å². The SMILES string of the molecule is CCCCCCCC/C=C/CCCCCCCC[N+](C)(C)CCCCCCCCCCCCCCCC. The van der Waals surface area contributed by atoms with Crippen molar-refractivity contribution >= 4 is 0 Å². The molecule has 222 valence electrons. The molecule has 1 heteroatoms. The van der Waals surface area contributed by atoms with Crippen LogP contribution < -0.4 is 0 Å². The second-order valence-electron chi connectivity index (χ2n) is 12.9. The summed E-state index contributed by atoms with van der Waals surface area (Å²) in [6.07, 6.45) is 45.0. The van der Waals surface area contributed by atoms with Crippen molar-refractivity contribution in [2.24, 2.45) is 0 Å². The van der Waals surface area contributed by atoms with Gasteiger partial charge in [0.15, 0.2) is 0 Å². The maximum absolute atomic E-state index is 2.46. The smallest absolute Gasteiger partial charge is 0.0782 e. The Morgan fingerprint density at radius 1 is 0.324 bits per heavy atom. The molecule has 0 rings (SSSR count). The van der Waals surface area contributed by atoms with E-state index in [-0.39, 0.29) is 0 Å². The topological polar surface area (TPSA) is 0 Å². The van der Waals surface area contributed by atoms with Crippen LogP contribution in [0.3, 0.4) is 0 Å². The number of nitrogens with zero attached hydrogens (tertiary/aromatic N) is 1. The normalized spacial score (nSPS) is 12.2. The highest BCUT2D eigenvalue weighted by atomic mass is 15.3. The molecule has 0 aliphatic heterocycles. The van der Waals surface area contributed by atoms with Crippen LogP contribution >= 0.6 is 0 Å². The molecule has 0 aromatic carbocycles. The highest BCUT2D eigenvalue weighted by Crippen LogP contribution is 2.15. The lowest BCUT2D eigenvalue weighted by molar-refractivity contribution is -0.890. The monoisotopic (exact) mass is 521 g/mol. The molecule has 0 saturated heterocycles. The largest absolute Gasteiger partial charge is 0.328 e. The predicted molar refractivity (Wildman–Crippen MR) is 172 cm³/mol. The van der Waals surface area contributed by atoms with Crippen molar-refractivity contribution in [1.82, 2.24) is 0 Å². The quantitative estimate of drug-likeness (QED) is 0.0484. The van der Waals surface area contributed by atoms with E-state index in [9.17, 15) is 0 Å². The van der Waals surface area contributed by atoms with Crippen LogP contribution in [0.25, 0.3) is 0 Å². The summed E-state index contributed by atoms with van der Waals surface area (Å²) < 4.78 is 1.24. The van der Waals surface area contributed by atoms with Crippen LogP contribution in [0.15, 0.2) is 12.2 Å². The van der Waals surface area contributed by atoms with E-state index >= 15 is 0 Å². The second-order valence-corrected chi connectivity index (χ2v) is 12.9. The molecule has 0 radical (unpaired) electrons. The van der Waals surface area contributed by atoms with E-state index in [1.54, 1.807) is 0 Å². The molecule has 0 unspecified atom stereocenters. The summed E-state index contributed by atoms with van der Waals surface area (Å²) in [7, 11) is 4.92. The predicted octanol–water partition coefficient (Wildman–Crippen LogP) is 12.6. The molecule has 37 heavy (non-hydrogen) atoms. The Hall–Kier alpha value is -0.300. The van der Waals surface area contributed by atoms with Gasteiger partial charge in [0, 0.05) is 0 Å². The van der Waals surface area contributed by atoms with E-state index < -0.39 is 0 Å². The van der Waals surface area contributed by atoms with Gasteiger partial charge in [-0.3, -0.25) is 0 Å². The molecule has 0 aliphatic carbocycles. The number of hydrogen-bond acceptors (Lipinski definition) is 0. The maximum Gasteiger partial charge on any atom is 0.0782 e. The molecular formula is C36H74N+. The van der Waals surface area contributed by atoms with Gasteiger partial charge in [-0.05, 0) is 51.4 Å². The van der Waals surface area contributed by atoms with Gasteiger partial charge < -0.3 is 4.48 Å². The minimum Gasteiger partial charge on any atom is -0.328 e. The van der Waals surface area contributed by atoms with Crippen molar-refractivity contribution in [2.75, 3.05) is 27.2 Å². The van der Waals surface area contributed by atoms with Gasteiger partial charge in [0.2, 0.25) is 0 Å². The van der Waals surface area contributed by atoms with Crippen molar-refractivity contribution < 1.29 is 4.48 Å². The standard InChI is InChI=1S/C36H74N/c1-5-7-9-11-13-15-17-19-21-22-24-26-28-30-32-34-36-37(3,4)35-33-31-29-27-25-23-20-18-16-14-12-10-8-6-2/h19,21H,5-18,20,22-36H2,1-4H3/q+1/b21-19+. The van der Waals surface area contributed by atoms with E-state index in [0.717, 1.165) is 0 Å². The van der Waals surface area contributed by atoms with Gasteiger partial charge in [-0.2, -0.15) is 0 Å². The first kappa shape index (κ1) is 36.7. The Labute approximate surface area is 237 Å². The molecule has 0 aromatic rings. The number of hydrogen-bond donors (Lipinski definition) is 0. The summed E-state index contributed by atoms with van der Waals surface area (Å²) in [6, 6.07) is 0. The fourth-order valence-corrected chi connectivity index (χ4v) is 5.63. The van der Waals surface area contributed by atoms with Crippen LogP contribution in [-0.2, 0) is 0 Å². The van der Waals surface area contributed by atoms with Crippen molar-refractivity contribution in [3.8, 4) is 0 Å². The van der Waals surface area contributed by atoms with Gasteiger partial charge in [0.25, 0.3) is 0 Å². The molecule has 0 heterocycles. The first-order valence-corrected chi connectivity index (χ1v) is 17.6. The zero-order chi connectivity index (χ0) is 27.1. The number of unbranched alkanes of at least 4 members (excludes halogenated alkanes) is 25. The summed E-state index contributed by atoms with van der Waals surface area (Å²) in [5.74, 6) is 0. The highest BCUT2D eigenvalue weighted by Gasteiger charge is 2.13. The molecular weight excluding hydrogens is 446 g/mol. The molecule has 0 aromatic heterocycles. The van der Waals surface area contributed by atoms with Gasteiger partial charge >= 0.3 is 0 Å². The Morgan fingerprint density at radius 2 is 0.568 bits per heavy atom. The minimum atomic E-state index is 1.24. The third-order valence-electron chi connectivity index (χ3n) is 8.39. The zero-order valence-electron chi connectivity index (χ0n) is 26.8. The lowest BCUT2D eigenvalue weighted by Crippen LogP contribution is -2.41. The Kier molecular flexibility index (Phi) is 30.0. The Balaban J connectivity index is 3.32. The third kappa shape index (κ3) is 31.8. The minimum absolute atomic E-state index is 1.24. The molecule has 0 N–H and O–H groups in total. The second kappa shape index (κ2) is 30.2. The maximum atomic E-state index is 2.46. The van der Waals surface area contributed by atoms with E-state index in [0.29, 0.717) is 0 Å². The number of allylic oxidation sites excluding steroid dienone is 2. The van der Waals surface area contributed by atoms with E-state index in [1.165, 1.54) is 197 Å². The molecule has 0 aliphatic rings. The first-order chi connectivity index (χ1) is 18.1. The van der Waals surface area contributed by atoms with Crippen LogP contribution in [0.4, 0.5) is 0 Å². The molecule has 0 spiro atoms. The molecule has 0 fully saturated rings. The summed E-state index contributed by atoms with van der Waals surface area (Å²) in [6.45, 7) is 7.36. The third-order valence-corrected chi connectivity index (χ3v) is 8.39. The number of rotatable bonds is 31. The summed E-state index contributed by atoms with van der Waals surface area (Å²) in [4.78, 5) is 0. The van der Waals surface area contributed by atoms with Gasteiger partial charge in [-0.15, -0.1) is 0 Å². The average Bonchev–Trinajstić information content (AvgIpc) is 2.88. The van der Waals surface area contributed by atoms with E-state index in [2.05, 4.69) is 40.1 Å². The summed E-state index contributed by atoms with van der Waals surface area (Å²) in [5.41, 5.74) is 0. The van der Waals surface area contributed by atoms with Gasteiger partial charge in [-0.1, -0.05) is 154 Å². The van der Waals surface area contributed by atoms with Crippen molar-refractivity contribution in [3.05, 3.63) is 12.2 Å².